The van der Waals surface area contributed by atoms with Crippen molar-refractivity contribution in [2.24, 2.45) is 5.92 Å². The Morgan fingerprint density at radius 3 is 3.12 bits per heavy atom. The molecule has 0 N–H and O–H groups in total. The molecule has 0 spiro atoms. The van der Waals surface area contributed by atoms with Crippen molar-refractivity contribution < 1.29 is 0 Å². The minimum atomic E-state index is 0.968. The molecule has 0 nitrogen and oxygen atoms in total. The van der Waals surface area contributed by atoms with Crippen molar-refractivity contribution in [1.29, 1.82) is 0 Å². The molecule has 1 rings (SSSR count). The molecule has 0 saturated carbocycles. The molecule has 1 saturated heterocycles. The Labute approximate surface area is 59.8 Å². The van der Waals surface area contributed by atoms with Gasteiger partial charge in [0.1, 0.15) is 0 Å². The molecule has 0 amide bonds. The van der Waals surface area contributed by atoms with E-state index in [4.69, 9.17) is 0 Å². The largest absolute Gasteiger partial charge is 0.151 e. The topological polar surface area (TPSA) is 0 Å². The maximum atomic E-state index is 2.35. The van der Waals surface area contributed by atoms with E-state index in [0.29, 0.717) is 0 Å². The summed E-state index contributed by atoms with van der Waals surface area (Å²) in [6, 6.07) is 0. The molecule has 0 aromatic rings. The van der Waals surface area contributed by atoms with E-state index < -0.39 is 0 Å². The van der Waals surface area contributed by atoms with Gasteiger partial charge in [-0.1, -0.05) is 6.92 Å². The fraction of sp³-hybridized carbons (Fsp3) is 1.00. The Morgan fingerprint density at radius 1 is 1.38 bits per heavy atom. The highest BCUT2D eigenvalue weighted by Crippen LogP contribution is 2.23. The van der Waals surface area contributed by atoms with Crippen LogP contribution in [0.15, 0.2) is 0 Å². The highest BCUT2D eigenvalue weighted by atomic mass is 32.2. The maximum absolute atomic E-state index is 2.35. The zero-order chi connectivity index (χ0) is 5.82. The lowest BCUT2D eigenvalue weighted by molar-refractivity contribution is 0.646. The SMILES string of the molecule is CC1CCSCSC1. The maximum Gasteiger partial charge on any atom is 0.0392 e. The van der Waals surface area contributed by atoms with Crippen molar-refractivity contribution >= 4 is 23.5 Å². The number of thioether (sulfide) groups is 2. The summed E-state index contributed by atoms with van der Waals surface area (Å²) in [6.45, 7) is 2.35. The van der Waals surface area contributed by atoms with Crippen LogP contribution in [0.2, 0.25) is 0 Å². The lowest BCUT2D eigenvalue weighted by Crippen LogP contribution is -1.95. The number of rotatable bonds is 0. The highest BCUT2D eigenvalue weighted by molar-refractivity contribution is 8.16. The molecule has 0 aromatic heterocycles. The van der Waals surface area contributed by atoms with E-state index in [1.54, 1.807) is 0 Å². The second-order valence-corrected chi connectivity index (χ2v) is 4.79. The Balaban J connectivity index is 2.17. The monoisotopic (exact) mass is 148 g/mol. The van der Waals surface area contributed by atoms with Crippen molar-refractivity contribution in [3.63, 3.8) is 0 Å². The molecule has 1 aliphatic heterocycles. The quantitative estimate of drug-likeness (QED) is 0.517. The Kier molecular flexibility index (Phi) is 3.13. The van der Waals surface area contributed by atoms with Gasteiger partial charge in [-0.25, -0.2) is 0 Å². The fourth-order valence-electron chi connectivity index (χ4n) is 0.735. The van der Waals surface area contributed by atoms with Gasteiger partial charge in [0.25, 0.3) is 0 Å². The van der Waals surface area contributed by atoms with Crippen molar-refractivity contribution in [1.82, 2.24) is 0 Å². The van der Waals surface area contributed by atoms with Crippen LogP contribution in [0.1, 0.15) is 13.3 Å². The van der Waals surface area contributed by atoms with E-state index in [-0.39, 0.29) is 0 Å². The number of hydrogen-bond donors (Lipinski definition) is 0. The van der Waals surface area contributed by atoms with E-state index in [2.05, 4.69) is 30.4 Å². The third-order valence-corrected chi connectivity index (χ3v) is 3.99. The molecular formula is C6H12S2. The molecule has 8 heavy (non-hydrogen) atoms. The summed E-state index contributed by atoms with van der Waals surface area (Å²) in [5.74, 6) is 3.73. The smallest absolute Gasteiger partial charge is 0.0392 e. The van der Waals surface area contributed by atoms with Gasteiger partial charge < -0.3 is 0 Å². The van der Waals surface area contributed by atoms with Crippen LogP contribution in [0.3, 0.4) is 0 Å². The van der Waals surface area contributed by atoms with E-state index in [1.165, 1.54) is 23.0 Å². The van der Waals surface area contributed by atoms with E-state index in [0.717, 1.165) is 5.92 Å². The summed E-state index contributed by atoms with van der Waals surface area (Å²) in [5.41, 5.74) is 0. The standard InChI is InChI=1S/C6H12S2/c1-6-2-3-7-5-8-4-6/h6H,2-5H2,1H3. The molecule has 0 radical (unpaired) electrons. The first kappa shape index (κ1) is 6.81. The molecule has 1 unspecified atom stereocenters. The van der Waals surface area contributed by atoms with Crippen LogP contribution in [0.5, 0.6) is 0 Å². The van der Waals surface area contributed by atoms with Crippen molar-refractivity contribution in [3.05, 3.63) is 0 Å². The molecule has 2 heteroatoms. The zero-order valence-corrected chi connectivity index (χ0v) is 6.86. The first-order valence-electron chi connectivity index (χ1n) is 3.05. The van der Waals surface area contributed by atoms with Gasteiger partial charge in [0.2, 0.25) is 0 Å². The van der Waals surface area contributed by atoms with Crippen molar-refractivity contribution in [3.8, 4) is 0 Å². The van der Waals surface area contributed by atoms with Crippen molar-refractivity contribution in [2.45, 2.75) is 13.3 Å². The van der Waals surface area contributed by atoms with Gasteiger partial charge in [0.15, 0.2) is 0 Å². The first-order valence-corrected chi connectivity index (χ1v) is 5.36. The number of hydrogen-bond acceptors (Lipinski definition) is 2. The molecule has 1 atom stereocenters. The van der Waals surface area contributed by atoms with Crippen molar-refractivity contribution in [2.75, 3.05) is 16.6 Å². The van der Waals surface area contributed by atoms with Gasteiger partial charge in [0, 0.05) is 5.08 Å². The Morgan fingerprint density at radius 2 is 2.25 bits per heavy atom. The van der Waals surface area contributed by atoms with E-state index in [9.17, 15) is 0 Å². The molecule has 0 aliphatic carbocycles. The molecule has 0 aromatic carbocycles. The summed E-state index contributed by atoms with van der Waals surface area (Å²) >= 11 is 4.17. The predicted molar refractivity (Wildman–Crippen MR) is 43.6 cm³/mol. The lowest BCUT2D eigenvalue weighted by Gasteiger charge is -2.01. The summed E-state index contributed by atoms with van der Waals surface area (Å²) in [5, 5.41) is 1.32. The van der Waals surface area contributed by atoms with E-state index >= 15 is 0 Å². The van der Waals surface area contributed by atoms with Gasteiger partial charge >= 0.3 is 0 Å². The molecular weight excluding hydrogens is 136 g/mol. The highest BCUT2D eigenvalue weighted by Gasteiger charge is 2.05. The van der Waals surface area contributed by atoms with E-state index in [1.807, 2.05) is 0 Å². The normalized spacial score (nSPS) is 31.9. The van der Waals surface area contributed by atoms with Crippen LogP contribution in [0.25, 0.3) is 0 Å². The molecule has 1 heterocycles. The molecule has 48 valence electrons. The van der Waals surface area contributed by atoms with Gasteiger partial charge in [0.05, 0.1) is 0 Å². The van der Waals surface area contributed by atoms with Gasteiger partial charge in [-0.05, 0) is 23.8 Å². The average Bonchev–Trinajstić information content (AvgIpc) is 1.94. The van der Waals surface area contributed by atoms with Gasteiger partial charge in [-0.2, -0.15) is 23.5 Å². The van der Waals surface area contributed by atoms with Crippen LogP contribution in [-0.2, 0) is 0 Å². The molecule has 1 aliphatic rings. The average molecular weight is 148 g/mol. The second-order valence-electron chi connectivity index (χ2n) is 2.29. The Hall–Kier alpha value is 0.700. The predicted octanol–water partition coefficient (Wildman–Crippen LogP) is 2.45. The van der Waals surface area contributed by atoms with Crippen LogP contribution < -0.4 is 0 Å². The summed E-state index contributed by atoms with van der Waals surface area (Å²) < 4.78 is 0. The molecule has 0 bridgehead atoms. The minimum Gasteiger partial charge on any atom is -0.151 e. The zero-order valence-electron chi connectivity index (χ0n) is 5.22. The lowest BCUT2D eigenvalue weighted by atomic mass is 10.2. The minimum absolute atomic E-state index is 0.968. The third-order valence-electron chi connectivity index (χ3n) is 1.32. The van der Waals surface area contributed by atoms with Crippen LogP contribution in [-0.4, -0.2) is 16.6 Å². The fourth-order valence-corrected chi connectivity index (χ4v) is 3.20. The summed E-state index contributed by atoms with van der Waals surface area (Å²) in [4.78, 5) is 0. The summed E-state index contributed by atoms with van der Waals surface area (Å²) in [6.07, 6.45) is 1.43. The first-order chi connectivity index (χ1) is 3.89. The third kappa shape index (κ3) is 2.31. The van der Waals surface area contributed by atoms with Gasteiger partial charge in [-0.15, -0.1) is 0 Å². The van der Waals surface area contributed by atoms with Crippen LogP contribution in [0, 0.1) is 5.92 Å². The summed E-state index contributed by atoms with van der Waals surface area (Å²) in [7, 11) is 0. The van der Waals surface area contributed by atoms with Crippen LogP contribution in [0.4, 0.5) is 0 Å². The second kappa shape index (κ2) is 3.67. The van der Waals surface area contributed by atoms with Gasteiger partial charge in [-0.3, -0.25) is 0 Å². The van der Waals surface area contributed by atoms with Crippen LogP contribution >= 0.6 is 23.5 Å². The molecule has 1 fully saturated rings. The Bertz CT molecular complexity index is 55.5.